The van der Waals surface area contributed by atoms with Gasteiger partial charge in [0.25, 0.3) is 0 Å². The lowest BCUT2D eigenvalue weighted by Gasteiger charge is -2.13. The van der Waals surface area contributed by atoms with E-state index in [9.17, 15) is 0 Å². The normalized spacial score (nSPS) is 17.1. The number of fused-ring (bicyclic) bond motifs is 1. The van der Waals surface area contributed by atoms with E-state index in [-0.39, 0.29) is 0 Å². The van der Waals surface area contributed by atoms with Gasteiger partial charge in [-0.05, 0) is 43.4 Å². The van der Waals surface area contributed by atoms with E-state index >= 15 is 0 Å². The highest BCUT2D eigenvalue weighted by Gasteiger charge is 2.15. The number of guanidine groups is 1. The molecule has 0 saturated heterocycles. The minimum atomic E-state index is 0.318. The van der Waals surface area contributed by atoms with Gasteiger partial charge in [-0.2, -0.15) is 0 Å². The highest BCUT2D eigenvalue weighted by molar-refractivity contribution is 5.79. The first-order valence-corrected chi connectivity index (χ1v) is 9.30. The SMILES string of the molecule is CN=C(NCCCOC1CCCC1)NCCc1ccc2c(c1)OCO2. The highest BCUT2D eigenvalue weighted by Crippen LogP contribution is 2.32. The molecule has 1 aromatic rings. The molecule has 0 atom stereocenters. The fraction of sp³-hybridized carbons (Fsp3) is 0.632. The lowest BCUT2D eigenvalue weighted by atomic mass is 10.1. The van der Waals surface area contributed by atoms with Crippen LogP contribution in [0.3, 0.4) is 0 Å². The minimum absolute atomic E-state index is 0.318. The van der Waals surface area contributed by atoms with Crippen LogP contribution in [0.2, 0.25) is 0 Å². The Morgan fingerprint density at radius 1 is 1.16 bits per heavy atom. The predicted molar refractivity (Wildman–Crippen MR) is 98.5 cm³/mol. The maximum atomic E-state index is 5.87. The van der Waals surface area contributed by atoms with Crippen molar-refractivity contribution in [3.63, 3.8) is 0 Å². The monoisotopic (exact) mass is 347 g/mol. The zero-order valence-electron chi connectivity index (χ0n) is 15.1. The third kappa shape index (κ3) is 5.53. The lowest BCUT2D eigenvalue weighted by Crippen LogP contribution is -2.39. The molecule has 138 valence electrons. The summed E-state index contributed by atoms with van der Waals surface area (Å²) in [5, 5.41) is 6.68. The van der Waals surface area contributed by atoms with Crippen molar-refractivity contribution in [1.82, 2.24) is 10.6 Å². The van der Waals surface area contributed by atoms with E-state index in [0.29, 0.717) is 12.9 Å². The van der Waals surface area contributed by atoms with Gasteiger partial charge in [0.1, 0.15) is 0 Å². The molecule has 1 heterocycles. The Hall–Kier alpha value is -1.95. The van der Waals surface area contributed by atoms with Crippen LogP contribution >= 0.6 is 0 Å². The van der Waals surface area contributed by atoms with Crippen molar-refractivity contribution in [2.75, 3.05) is 33.5 Å². The first-order chi connectivity index (χ1) is 12.3. The van der Waals surface area contributed by atoms with Gasteiger partial charge < -0.3 is 24.8 Å². The maximum absolute atomic E-state index is 5.87. The second kappa shape index (κ2) is 9.51. The van der Waals surface area contributed by atoms with Gasteiger partial charge in [-0.3, -0.25) is 4.99 Å². The van der Waals surface area contributed by atoms with Crippen LogP contribution in [0.4, 0.5) is 0 Å². The number of nitrogens with zero attached hydrogens (tertiary/aromatic N) is 1. The first-order valence-electron chi connectivity index (χ1n) is 9.30. The quantitative estimate of drug-likeness (QED) is 0.430. The standard InChI is InChI=1S/C19H29N3O3/c1-20-19(21-10-4-12-23-16-5-2-3-6-16)22-11-9-15-7-8-17-18(13-15)25-14-24-17/h7-8,13,16H,2-6,9-12,14H2,1H3,(H2,20,21,22). The molecule has 6 nitrogen and oxygen atoms in total. The molecule has 1 fully saturated rings. The number of benzene rings is 1. The highest BCUT2D eigenvalue weighted by atomic mass is 16.7. The summed E-state index contributed by atoms with van der Waals surface area (Å²) in [5.41, 5.74) is 1.22. The number of hydrogen-bond acceptors (Lipinski definition) is 4. The van der Waals surface area contributed by atoms with E-state index in [1.807, 2.05) is 12.1 Å². The molecule has 0 aromatic heterocycles. The maximum Gasteiger partial charge on any atom is 0.231 e. The summed E-state index contributed by atoms with van der Waals surface area (Å²) < 4.78 is 16.6. The largest absolute Gasteiger partial charge is 0.454 e. The third-order valence-electron chi connectivity index (χ3n) is 4.64. The van der Waals surface area contributed by atoms with Crippen LogP contribution in [0, 0.1) is 0 Å². The van der Waals surface area contributed by atoms with Crippen molar-refractivity contribution >= 4 is 5.96 Å². The van der Waals surface area contributed by atoms with Crippen LogP contribution in [0.1, 0.15) is 37.7 Å². The van der Waals surface area contributed by atoms with E-state index in [4.69, 9.17) is 14.2 Å². The summed E-state index contributed by atoms with van der Waals surface area (Å²) in [5.74, 6) is 2.50. The topological polar surface area (TPSA) is 64.1 Å². The fourth-order valence-electron chi connectivity index (χ4n) is 3.23. The Balaban J connectivity index is 1.28. The second-order valence-electron chi connectivity index (χ2n) is 6.49. The van der Waals surface area contributed by atoms with Crippen LogP contribution in [0.25, 0.3) is 0 Å². The summed E-state index contributed by atoms with van der Waals surface area (Å²) in [6, 6.07) is 6.08. The molecule has 0 bridgehead atoms. The fourth-order valence-corrected chi connectivity index (χ4v) is 3.23. The van der Waals surface area contributed by atoms with Crippen LogP contribution in [0.15, 0.2) is 23.2 Å². The molecule has 0 amide bonds. The summed E-state index contributed by atoms with van der Waals surface area (Å²) in [6.07, 6.45) is 7.51. The molecular formula is C19H29N3O3. The van der Waals surface area contributed by atoms with Gasteiger partial charge in [-0.25, -0.2) is 0 Å². The van der Waals surface area contributed by atoms with Crippen LogP contribution in [-0.4, -0.2) is 45.6 Å². The molecule has 25 heavy (non-hydrogen) atoms. The molecule has 0 unspecified atom stereocenters. The predicted octanol–water partition coefficient (Wildman–Crippen LogP) is 2.47. The van der Waals surface area contributed by atoms with Crippen molar-refractivity contribution in [3.8, 4) is 11.5 Å². The van der Waals surface area contributed by atoms with Crippen LogP contribution < -0.4 is 20.1 Å². The molecule has 2 N–H and O–H groups in total. The first kappa shape index (κ1) is 17.9. The number of hydrogen-bond donors (Lipinski definition) is 2. The Labute approximate surface area is 149 Å². The molecular weight excluding hydrogens is 318 g/mol. The van der Waals surface area contributed by atoms with Gasteiger partial charge in [0.05, 0.1) is 6.10 Å². The Morgan fingerprint density at radius 3 is 2.80 bits per heavy atom. The van der Waals surface area contributed by atoms with Crippen molar-refractivity contribution < 1.29 is 14.2 Å². The van der Waals surface area contributed by atoms with Crippen LogP contribution in [-0.2, 0) is 11.2 Å². The van der Waals surface area contributed by atoms with Gasteiger partial charge in [-0.1, -0.05) is 18.9 Å². The number of nitrogens with one attached hydrogen (secondary N) is 2. The van der Waals surface area contributed by atoms with Crippen LogP contribution in [0.5, 0.6) is 11.5 Å². The minimum Gasteiger partial charge on any atom is -0.454 e. The molecule has 6 heteroatoms. The summed E-state index contributed by atoms with van der Waals surface area (Å²) in [6.45, 7) is 2.83. The zero-order chi connectivity index (χ0) is 17.3. The zero-order valence-corrected chi connectivity index (χ0v) is 15.1. The van der Waals surface area contributed by atoms with Gasteiger partial charge in [0.2, 0.25) is 6.79 Å². The third-order valence-corrected chi connectivity index (χ3v) is 4.64. The molecule has 0 radical (unpaired) electrons. The number of aliphatic imine (C=N–C) groups is 1. The molecule has 1 aliphatic heterocycles. The molecule has 1 aliphatic carbocycles. The van der Waals surface area contributed by atoms with Gasteiger partial charge in [0, 0.05) is 26.7 Å². The number of ether oxygens (including phenoxy) is 3. The average Bonchev–Trinajstić information content (AvgIpc) is 3.31. The average molecular weight is 347 g/mol. The summed E-state index contributed by atoms with van der Waals surface area (Å²) >= 11 is 0. The molecule has 0 spiro atoms. The Morgan fingerprint density at radius 2 is 1.96 bits per heavy atom. The van der Waals surface area contributed by atoms with Crippen molar-refractivity contribution in [3.05, 3.63) is 23.8 Å². The van der Waals surface area contributed by atoms with Crippen molar-refractivity contribution in [2.45, 2.75) is 44.6 Å². The molecule has 2 aliphatic rings. The van der Waals surface area contributed by atoms with E-state index < -0.39 is 0 Å². The smallest absolute Gasteiger partial charge is 0.231 e. The number of rotatable bonds is 8. The van der Waals surface area contributed by atoms with Crippen molar-refractivity contribution in [1.29, 1.82) is 0 Å². The van der Waals surface area contributed by atoms with Gasteiger partial charge >= 0.3 is 0 Å². The van der Waals surface area contributed by atoms with E-state index in [0.717, 1.165) is 50.0 Å². The molecule has 3 rings (SSSR count). The van der Waals surface area contributed by atoms with E-state index in [1.165, 1.54) is 31.2 Å². The van der Waals surface area contributed by atoms with E-state index in [2.05, 4.69) is 21.7 Å². The Bertz CT molecular complexity index is 571. The van der Waals surface area contributed by atoms with Gasteiger partial charge in [0.15, 0.2) is 17.5 Å². The van der Waals surface area contributed by atoms with Crippen molar-refractivity contribution in [2.24, 2.45) is 4.99 Å². The molecule has 1 saturated carbocycles. The second-order valence-corrected chi connectivity index (χ2v) is 6.49. The lowest BCUT2D eigenvalue weighted by molar-refractivity contribution is 0.0574. The summed E-state index contributed by atoms with van der Waals surface area (Å²) in [7, 11) is 1.80. The van der Waals surface area contributed by atoms with Gasteiger partial charge in [-0.15, -0.1) is 0 Å². The Kier molecular flexibility index (Phi) is 6.79. The molecule has 1 aromatic carbocycles. The summed E-state index contributed by atoms with van der Waals surface area (Å²) in [4.78, 5) is 4.26. The van der Waals surface area contributed by atoms with E-state index in [1.54, 1.807) is 7.05 Å².